The fourth-order valence-corrected chi connectivity index (χ4v) is 1.03. The number of ether oxygens (including phenoxy) is 1. The molecule has 1 rings (SSSR count). The molecular weight excluding hydrogens is 166 g/mol. The van der Waals surface area contributed by atoms with Gasteiger partial charge in [0.2, 0.25) is 0 Å². The summed E-state index contributed by atoms with van der Waals surface area (Å²) in [7, 11) is 0. The third kappa shape index (κ3) is 1.50. The van der Waals surface area contributed by atoms with Crippen LogP contribution in [0.4, 0.5) is 0 Å². The number of azide groups is 1. The van der Waals surface area contributed by atoms with Crippen LogP contribution in [0.15, 0.2) is 5.11 Å². The molecule has 1 aliphatic rings. The Morgan fingerprint density at radius 3 is 2.50 bits per heavy atom. The molecule has 0 bridgehead atoms. The SMILES string of the molecule is [N-]=[N+]=N[C@@H]1O[C@H](CO)[C@@H](O)[C@@H]1O. The molecule has 0 saturated carbocycles. The van der Waals surface area contributed by atoms with Crippen LogP contribution in [-0.4, -0.2) is 46.5 Å². The average Bonchev–Trinajstić information content (AvgIpc) is 2.33. The lowest BCUT2D eigenvalue weighted by Gasteiger charge is -2.10. The standard InChI is InChI=1S/C5H9N3O4/c6-8-7-5-4(11)3(10)2(1-9)12-5/h2-5,9-11H,1H2/t2-,3-,4+,5-/m1/s1. The van der Waals surface area contributed by atoms with E-state index >= 15 is 0 Å². The summed E-state index contributed by atoms with van der Waals surface area (Å²) in [5.74, 6) is 0. The van der Waals surface area contributed by atoms with E-state index in [9.17, 15) is 0 Å². The third-order valence-electron chi connectivity index (χ3n) is 1.68. The van der Waals surface area contributed by atoms with Gasteiger partial charge in [0.25, 0.3) is 0 Å². The van der Waals surface area contributed by atoms with Crippen LogP contribution < -0.4 is 0 Å². The molecule has 0 spiro atoms. The van der Waals surface area contributed by atoms with Gasteiger partial charge in [-0.3, -0.25) is 0 Å². The van der Waals surface area contributed by atoms with Crippen LogP contribution in [0.1, 0.15) is 0 Å². The Labute approximate surface area is 67.8 Å². The summed E-state index contributed by atoms with van der Waals surface area (Å²) < 4.78 is 4.81. The molecule has 0 aromatic heterocycles. The van der Waals surface area contributed by atoms with Crippen molar-refractivity contribution in [2.24, 2.45) is 5.11 Å². The molecule has 68 valence electrons. The Balaban J connectivity index is 2.66. The molecular formula is C5H9N3O4. The van der Waals surface area contributed by atoms with Crippen molar-refractivity contribution in [2.75, 3.05) is 6.61 Å². The molecule has 0 aromatic rings. The van der Waals surface area contributed by atoms with Gasteiger partial charge in [0, 0.05) is 4.91 Å². The van der Waals surface area contributed by atoms with Gasteiger partial charge in [-0.2, -0.15) is 0 Å². The Bertz CT molecular complexity index is 205. The first-order valence-corrected chi connectivity index (χ1v) is 3.37. The highest BCUT2D eigenvalue weighted by molar-refractivity contribution is 4.88. The number of hydrogen-bond acceptors (Lipinski definition) is 5. The predicted octanol–water partition coefficient (Wildman–Crippen LogP) is -1.26. The minimum Gasteiger partial charge on any atom is -0.394 e. The van der Waals surface area contributed by atoms with Crippen molar-refractivity contribution in [3.63, 3.8) is 0 Å². The smallest absolute Gasteiger partial charge is 0.165 e. The van der Waals surface area contributed by atoms with E-state index in [1.807, 2.05) is 0 Å². The molecule has 0 aromatic carbocycles. The zero-order valence-electron chi connectivity index (χ0n) is 6.11. The van der Waals surface area contributed by atoms with Crippen molar-refractivity contribution in [1.82, 2.24) is 0 Å². The molecule has 12 heavy (non-hydrogen) atoms. The zero-order chi connectivity index (χ0) is 9.14. The normalized spacial score (nSPS) is 40.9. The van der Waals surface area contributed by atoms with Crippen molar-refractivity contribution in [2.45, 2.75) is 24.5 Å². The van der Waals surface area contributed by atoms with Crippen LogP contribution in [0.25, 0.3) is 10.4 Å². The molecule has 1 heterocycles. The quantitative estimate of drug-likeness (QED) is 0.275. The Morgan fingerprint density at radius 1 is 1.42 bits per heavy atom. The van der Waals surface area contributed by atoms with Gasteiger partial charge < -0.3 is 20.1 Å². The highest BCUT2D eigenvalue weighted by atomic mass is 16.6. The Hall–Kier alpha value is -0.850. The van der Waals surface area contributed by atoms with Crippen molar-refractivity contribution in [3.05, 3.63) is 10.4 Å². The van der Waals surface area contributed by atoms with Crippen LogP contribution in [0.3, 0.4) is 0 Å². The molecule has 0 unspecified atom stereocenters. The molecule has 3 N–H and O–H groups in total. The molecule has 7 nitrogen and oxygen atoms in total. The van der Waals surface area contributed by atoms with Crippen LogP contribution in [0, 0.1) is 0 Å². The van der Waals surface area contributed by atoms with Gasteiger partial charge in [0.1, 0.15) is 18.3 Å². The van der Waals surface area contributed by atoms with E-state index in [0.717, 1.165) is 0 Å². The number of hydrogen-bond donors (Lipinski definition) is 3. The van der Waals surface area contributed by atoms with Crippen molar-refractivity contribution in [3.8, 4) is 0 Å². The molecule has 7 heteroatoms. The van der Waals surface area contributed by atoms with E-state index in [0.29, 0.717) is 0 Å². The van der Waals surface area contributed by atoms with Crippen LogP contribution >= 0.6 is 0 Å². The first-order valence-electron chi connectivity index (χ1n) is 3.37. The zero-order valence-corrected chi connectivity index (χ0v) is 6.11. The molecule has 0 aliphatic carbocycles. The number of rotatable bonds is 2. The fraction of sp³-hybridized carbons (Fsp3) is 1.00. The maximum atomic E-state index is 9.14. The van der Waals surface area contributed by atoms with Crippen LogP contribution in [0.2, 0.25) is 0 Å². The third-order valence-corrected chi connectivity index (χ3v) is 1.68. The van der Waals surface area contributed by atoms with E-state index in [2.05, 4.69) is 10.0 Å². The largest absolute Gasteiger partial charge is 0.394 e. The van der Waals surface area contributed by atoms with E-state index in [1.54, 1.807) is 0 Å². The van der Waals surface area contributed by atoms with Crippen LogP contribution in [0.5, 0.6) is 0 Å². The minimum atomic E-state index is -1.27. The summed E-state index contributed by atoms with van der Waals surface area (Å²) in [4.78, 5) is 2.42. The topological polar surface area (TPSA) is 119 Å². The van der Waals surface area contributed by atoms with Gasteiger partial charge >= 0.3 is 0 Å². The first kappa shape index (κ1) is 9.24. The van der Waals surface area contributed by atoms with Crippen molar-refractivity contribution < 1.29 is 20.1 Å². The summed E-state index contributed by atoms with van der Waals surface area (Å²) in [6.07, 6.45) is -4.46. The van der Waals surface area contributed by atoms with Gasteiger partial charge in [0.05, 0.1) is 6.61 Å². The second-order valence-electron chi connectivity index (χ2n) is 2.43. The average molecular weight is 175 g/mol. The van der Waals surface area contributed by atoms with E-state index < -0.39 is 31.1 Å². The monoisotopic (exact) mass is 175 g/mol. The van der Waals surface area contributed by atoms with E-state index in [4.69, 9.17) is 25.6 Å². The van der Waals surface area contributed by atoms with Gasteiger partial charge in [0.15, 0.2) is 6.23 Å². The lowest BCUT2D eigenvalue weighted by atomic mass is 10.1. The number of nitrogens with zero attached hydrogens (tertiary/aromatic N) is 3. The minimum absolute atomic E-state index is 0.421. The number of aliphatic hydroxyl groups excluding tert-OH is 3. The predicted molar refractivity (Wildman–Crippen MR) is 36.9 cm³/mol. The summed E-state index contributed by atoms with van der Waals surface area (Å²) >= 11 is 0. The molecule has 0 radical (unpaired) electrons. The van der Waals surface area contributed by atoms with Crippen molar-refractivity contribution >= 4 is 0 Å². The maximum absolute atomic E-state index is 9.14. The lowest BCUT2D eigenvalue weighted by molar-refractivity contribution is -0.0198. The fourth-order valence-electron chi connectivity index (χ4n) is 1.03. The van der Waals surface area contributed by atoms with Crippen molar-refractivity contribution in [1.29, 1.82) is 0 Å². The molecule has 0 amide bonds. The van der Waals surface area contributed by atoms with Gasteiger partial charge in [-0.25, -0.2) is 0 Å². The summed E-state index contributed by atoms with van der Waals surface area (Å²) in [6.45, 7) is -0.421. The Kier molecular flexibility index (Phi) is 2.85. The molecule has 4 atom stereocenters. The molecule has 1 saturated heterocycles. The highest BCUT2D eigenvalue weighted by Gasteiger charge is 2.41. The van der Waals surface area contributed by atoms with E-state index in [1.165, 1.54) is 0 Å². The number of aliphatic hydroxyl groups is 3. The second-order valence-corrected chi connectivity index (χ2v) is 2.43. The van der Waals surface area contributed by atoms with Crippen LogP contribution in [-0.2, 0) is 4.74 Å². The second kappa shape index (κ2) is 3.70. The van der Waals surface area contributed by atoms with Gasteiger partial charge in [-0.15, -0.1) is 0 Å². The van der Waals surface area contributed by atoms with Gasteiger partial charge in [-0.05, 0) is 5.53 Å². The Morgan fingerprint density at radius 2 is 2.08 bits per heavy atom. The first-order chi connectivity index (χ1) is 5.70. The summed E-state index contributed by atoms with van der Waals surface area (Å²) in [5, 5.41) is 30.0. The maximum Gasteiger partial charge on any atom is 0.165 e. The highest BCUT2D eigenvalue weighted by Crippen LogP contribution is 2.21. The lowest BCUT2D eigenvalue weighted by Crippen LogP contribution is -2.33. The van der Waals surface area contributed by atoms with Gasteiger partial charge in [-0.1, -0.05) is 5.11 Å². The molecule has 1 aliphatic heterocycles. The summed E-state index contributed by atoms with van der Waals surface area (Å²) in [6, 6.07) is 0. The summed E-state index contributed by atoms with van der Waals surface area (Å²) in [5.41, 5.74) is 8.01. The van der Waals surface area contributed by atoms with E-state index in [-0.39, 0.29) is 0 Å². The molecule has 1 fully saturated rings.